The Morgan fingerprint density at radius 1 is 1.65 bits per heavy atom. The van der Waals surface area contributed by atoms with Crippen molar-refractivity contribution in [3.63, 3.8) is 0 Å². The zero-order valence-electron chi connectivity index (χ0n) is 10.3. The molecule has 0 spiro atoms. The molecule has 1 aliphatic heterocycles. The first-order valence-corrected chi connectivity index (χ1v) is 6.11. The summed E-state index contributed by atoms with van der Waals surface area (Å²) in [4.78, 5) is 14.0. The molecule has 2 heterocycles. The Balaban J connectivity index is 1.96. The monoisotopic (exact) mass is 237 g/mol. The van der Waals surface area contributed by atoms with E-state index in [2.05, 4.69) is 24.3 Å². The SMILES string of the molecule is CC(C)NC1CCCN(Cc2ccno2)C1=O. The van der Waals surface area contributed by atoms with E-state index >= 15 is 0 Å². The van der Waals surface area contributed by atoms with Gasteiger partial charge in [-0.1, -0.05) is 19.0 Å². The molecule has 5 nitrogen and oxygen atoms in total. The van der Waals surface area contributed by atoms with E-state index in [1.807, 2.05) is 4.90 Å². The molecule has 0 bridgehead atoms. The first kappa shape index (κ1) is 12.1. The van der Waals surface area contributed by atoms with E-state index in [4.69, 9.17) is 4.52 Å². The van der Waals surface area contributed by atoms with Gasteiger partial charge in [-0.3, -0.25) is 4.79 Å². The molecule has 1 fully saturated rings. The number of hydrogen-bond acceptors (Lipinski definition) is 4. The normalized spacial score (nSPS) is 21.2. The van der Waals surface area contributed by atoms with Crippen LogP contribution in [0.1, 0.15) is 32.4 Å². The highest BCUT2D eigenvalue weighted by Crippen LogP contribution is 2.15. The van der Waals surface area contributed by atoms with Crippen LogP contribution in [-0.4, -0.2) is 34.6 Å². The number of rotatable bonds is 4. The molecule has 1 aromatic rings. The fourth-order valence-electron chi connectivity index (χ4n) is 2.17. The van der Waals surface area contributed by atoms with Gasteiger partial charge in [0.2, 0.25) is 5.91 Å². The van der Waals surface area contributed by atoms with Crippen molar-refractivity contribution in [1.82, 2.24) is 15.4 Å². The number of nitrogens with zero attached hydrogens (tertiary/aromatic N) is 2. The third-order valence-corrected chi connectivity index (χ3v) is 2.90. The van der Waals surface area contributed by atoms with E-state index in [1.165, 1.54) is 0 Å². The molecule has 0 aromatic carbocycles. The highest BCUT2D eigenvalue weighted by Gasteiger charge is 2.29. The molecule has 2 rings (SSSR count). The Hall–Kier alpha value is -1.36. The first-order chi connectivity index (χ1) is 8.16. The van der Waals surface area contributed by atoms with Gasteiger partial charge in [-0.2, -0.15) is 0 Å². The number of amides is 1. The zero-order chi connectivity index (χ0) is 12.3. The highest BCUT2D eigenvalue weighted by atomic mass is 16.5. The van der Waals surface area contributed by atoms with Crippen molar-refractivity contribution in [3.05, 3.63) is 18.0 Å². The molecule has 1 aromatic heterocycles. The van der Waals surface area contributed by atoms with Crippen molar-refractivity contribution < 1.29 is 9.32 Å². The van der Waals surface area contributed by atoms with E-state index in [0.717, 1.165) is 25.1 Å². The Morgan fingerprint density at radius 3 is 3.12 bits per heavy atom. The van der Waals surface area contributed by atoms with Crippen LogP contribution in [0, 0.1) is 0 Å². The van der Waals surface area contributed by atoms with Gasteiger partial charge in [0, 0.05) is 18.7 Å². The second-order valence-corrected chi connectivity index (χ2v) is 4.75. The summed E-state index contributed by atoms with van der Waals surface area (Å²) >= 11 is 0. The predicted molar refractivity (Wildman–Crippen MR) is 63.2 cm³/mol. The summed E-state index contributed by atoms with van der Waals surface area (Å²) in [5.74, 6) is 0.907. The zero-order valence-corrected chi connectivity index (χ0v) is 10.3. The van der Waals surface area contributed by atoms with E-state index in [-0.39, 0.29) is 11.9 Å². The molecule has 0 aliphatic carbocycles. The smallest absolute Gasteiger partial charge is 0.240 e. The Morgan fingerprint density at radius 2 is 2.47 bits per heavy atom. The van der Waals surface area contributed by atoms with E-state index < -0.39 is 0 Å². The number of nitrogens with one attached hydrogen (secondary N) is 1. The van der Waals surface area contributed by atoms with Crippen LogP contribution in [0.15, 0.2) is 16.8 Å². The maximum atomic E-state index is 12.2. The molecular weight excluding hydrogens is 218 g/mol. The van der Waals surface area contributed by atoms with Crippen LogP contribution < -0.4 is 5.32 Å². The van der Waals surface area contributed by atoms with Crippen molar-refractivity contribution in [3.8, 4) is 0 Å². The number of aromatic nitrogens is 1. The van der Waals surface area contributed by atoms with Gasteiger partial charge >= 0.3 is 0 Å². The molecule has 0 radical (unpaired) electrons. The Labute approximate surface area is 101 Å². The predicted octanol–water partition coefficient (Wildman–Crippen LogP) is 1.16. The minimum absolute atomic E-state index is 0.0494. The summed E-state index contributed by atoms with van der Waals surface area (Å²) in [5, 5.41) is 6.96. The van der Waals surface area contributed by atoms with Crippen molar-refractivity contribution >= 4 is 5.91 Å². The standard InChI is InChI=1S/C12H19N3O2/c1-9(2)14-11-4-3-7-15(12(11)16)8-10-5-6-13-17-10/h5-6,9,11,14H,3-4,7-8H2,1-2H3. The van der Waals surface area contributed by atoms with Gasteiger partial charge in [-0.15, -0.1) is 0 Å². The number of hydrogen-bond donors (Lipinski definition) is 1. The van der Waals surface area contributed by atoms with Crippen molar-refractivity contribution in [2.24, 2.45) is 0 Å². The Bertz CT molecular complexity index is 362. The van der Waals surface area contributed by atoms with Crippen molar-refractivity contribution in [1.29, 1.82) is 0 Å². The molecule has 17 heavy (non-hydrogen) atoms. The maximum Gasteiger partial charge on any atom is 0.240 e. The van der Waals surface area contributed by atoms with Gasteiger partial charge in [0.25, 0.3) is 0 Å². The van der Waals surface area contributed by atoms with E-state index in [1.54, 1.807) is 12.3 Å². The lowest BCUT2D eigenvalue weighted by atomic mass is 10.0. The highest BCUT2D eigenvalue weighted by molar-refractivity contribution is 5.82. The molecule has 1 atom stereocenters. The molecule has 1 saturated heterocycles. The third kappa shape index (κ3) is 3.06. The van der Waals surface area contributed by atoms with Crippen molar-refractivity contribution in [2.45, 2.75) is 45.3 Å². The summed E-state index contributed by atoms with van der Waals surface area (Å²) in [6, 6.07) is 2.08. The van der Waals surface area contributed by atoms with Gasteiger partial charge in [0.05, 0.1) is 18.8 Å². The number of likely N-dealkylation sites (tertiary alicyclic amines) is 1. The van der Waals surface area contributed by atoms with Crippen LogP contribution in [0.25, 0.3) is 0 Å². The summed E-state index contributed by atoms with van der Waals surface area (Å²) < 4.78 is 5.04. The quantitative estimate of drug-likeness (QED) is 0.853. The lowest BCUT2D eigenvalue weighted by Crippen LogP contribution is -2.51. The lowest BCUT2D eigenvalue weighted by molar-refractivity contribution is -0.137. The summed E-state index contributed by atoms with van der Waals surface area (Å²) in [7, 11) is 0. The van der Waals surface area contributed by atoms with Gasteiger partial charge in [-0.05, 0) is 12.8 Å². The molecule has 1 N–H and O–H groups in total. The van der Waals surface area contributed by atoms with E-state index in [9.17, 15) is 4.79 Å². The summed E-state index contributed by atoms with van der Waals surface area (Å²) in [6.07, 6.45) is 3.56. The van der Waals surface area contributed by atoms with Gasteiger partial charge in [-0.25, -0.2) is 0 Å². The lowest BCUT2D eigenvalue weighted by Gasteiger charge is -2.33. The van der Waals surface area contributed by atoms with Gasteiger partial charge < -0.3 is 14.7 Å². The molecular formula is C12H19N3O2. The van der Waals surface area contributed by atoms with Gasteiger partial charge in [0.15, 0.2) is 5.76 Å². The minimum atomic E-state index is -0.0494. The number of piperidine rings is 1. The maximum absolute atomic E-state index is 12.2. The molecule has 1 aliphatic rings. The topological polar surface area (TPSA) is 58.4 Å². The molecule has 1 amide bonds. The van der Waals surface area contributed by atoms with Crippen LogP contribution >= 0.6 is 0 Å². The van der Waals surface area contributed by atoms with Crippen LogP contribution in [0.5, 0.6) is 0 Å². The summed E-state index contributed by atoms with van der Waals surface area (Å²) in [5.41, 5.74) is 0. The largest absolute Gasteiger partial charge is 0.360 e. The van der Waals surface area contributed by atoms with Crippen LogP contribution in [0.3, 0.4) is 0 Å². The number of carbonyl (C=O) groups is 1. The molecule has 0 saturated carbocycles. The average molecular weight is 237 g/mol. The Kier molecular flexibility index (Phi) is 3.78. The molecule has 5 heteroatoms. The van der Waals surface area contributed by atoms with Crippen LogP contribution in [0.4, 0.5) is 0 Å². The molecule has 1 unspecified atom stereocenters. The van der Waals surface area contributed by atoms with Crippen molar-refractivity contribution in [2.75, 3.05) is 6.54 Å². The van der Waals surface area contributed by atoms with E-state index in [0.29, 0.717) is 12.6 Å². The fraction of sp³-hybridized carbons (Fsp3) is 0.667. The fourth-order valence-corrected chi connectivity index (χ4v) is 2.17. The second-order valence-electron chi connectivity index (χ2n) is 4.75. The van der Waals surface area contributed by atoms with Crippen LogP contribution in [0.2, 0.25) is 0 Å². The van der Waals surface area contributed by atoms with Gasteiger partial charge in [0.1, 0.15) is 0 Å². The molecule has 94 valence electrons. The van der Waals surface area contributed by atoms with Crippen LogP contribution in [-0.2, 0) is 11.3 Å². The average Bonchev–Trinajstić information content (AvgIpc) is 2.76. The number of carbonyl (C=O) groups excluding carboxylic acids is 1. The first-order valence-electron chi connectivity index (χ1n) is 6.11. The summed E-state index contributed by atoms with van der Waals surface area (Å²) in [6.45, 7) is 5.44. The minimum Gasteiger partial charge on any atom is -0.360 e. The second kappa shape index (κ2) is 5.31. The third-order valence-electron chi connectivity index (χ3n) is 2.90.